The third kappa shape index (κ3) is 4.77. The van der Waals surface area contributed by atoms with E-state index in [1.807, 2.05) is 17.8 Å². The molecule has 0 heterocycles. The molecule has 124 valence electrons. The zero-order chi connectivity index (χ0) is 16.7. The van der Waals surface area contributed by atoms with E-state index < -0.39 is 0 Å². The van der Waals surface area contributed by atoms with E-state index >= 15 is 0 Å². The van der Waals surface area contributed by atoms with E-state index in [0.29, 0.717) is 20.2 Å². The van der Waals surface area contributed by atoms with Gasteiger partial charge in [-0.1, -0.05) is 0 Å². The zero-order valence-corrected chi connectivity index (χ0v) is 16.6. The van der Waals surface area contributed by atoms with Crippen LogP contribution >= 0.6 is 11.8 Å². The van der Waals surface area contributed by atoms with Gasteiger partial charge in [0.15, 0.2) is 0 Å². The molecule has 0 saturated heterocycles. The van der Waals surface area contributed by atoms with Crippen molar-refractivity contribution in [3.05, 3.63) is 59.7 Å². The van der Waals surface area contributed by atoms with Crippen LogP contribution in [0.3, 0.4) is 0 Å². The summed E-state index contributed by atoms with van der Waals surface area (Å²) < 4.78 is 12.7. The molecule has 0 saturated carbocycles. The van der Waals surface area contributed by atoms with Crippen molar-refractivity contribution in [1.29, 1.82) is 0 Å². The molecule has 0 aromatic heterocycles. The van der Waals surface area contributed by atoms with Crippen molar-refractivity contribution < 1.29 is 9.47 Å². The van der Waals surface area contributed by atoms with Gasteiger partial charge < -0.3 is 0 Å². The van der Waals surface area contributed by atoms with E-state index in [2.05, 4.69) is 55.6 Å². The van der Waals surface area contributed by atoms with Crippen LogP contribution in [0.1, 0.15) is 29.4 Å². The van der Waals surface area contributed by atoms with Gasteiger partial charge >= 0.3 is 150 Å². The van der Waals surface area contributed by atoms with Crippen LogP contribution < -0.4 is 9.20 Å². The Hall–Kier alpha value is -0.931. The molecule has 2 atom stereocenters. The Balaban J connectivity index is 2.21. The first kappa shape index (κ1) is 18.4. The molecule has 2 aromatic rings. The molecule has 1 unspecified atom stereocenters. The maximum atomic E-state index is 5.73. The molecular weight excluding hydrogens is 371 g/mol. The number of ether oxygens (including phenoxy) is 2. The van der Waals surface area contributed by atoms with Crippen LogP contribution in [0, 0.1) is 0 Å². The summed E-state index contributed by atoms with van der Waals surface area (Å²) in [5, 5.41) is 1.47. The van der Waals surface area contributed by atoms with Crippen molar-refractivity contribution in [1.82, 2.24) is 0 Å². The molecule has 2 aromatic carbocycles. The molecule has 23 heavy (non-hydrogen) atoms. The summed E-state index contributed by atoms with van der Waals surface area (Å²) in [5.74, 6) is 1.01. The number of thioether (sulfide) groups is 1. The molecule has 0 aliphatic carbocycles. The Morgan fingerprint density at radius 1 is 1.04 bits per heavy atom. The Kier molecular flexibility index (Phi) is 7.51. The topological polar surface area (TPSA) is 18.5 Å². The van der Waals surface area contributed by atoms with E-state index in [1.54, 1.807) is 14.2 Å². The molecule has 0 radical (unpaired) electrons. The van der Waals surface area contributed by atoms with Crippen molar-refractivity contribution in [3.8, 4) is 5.75 Å². The Bertz CT molecular complexity index is 604. The van der Waals surface area contributed by atoms with Crippen LogP contribution in [0.5, 0.6) is 5.75 Å². The van der Waals surface area contributed by atoms with Gasteiger partial charge in [0.2, 0.25) is 0 Å². The van der Waals surface area contributed by atoms with Crippen LogP contribution in [0.2, 0.25) is 5.32 Å². The molecule has 0 N–H and O–H groups in total. The van der Waals surface area contributed by atoms with Crippen LogP contribution in [-0.4, -0.2) is 35.4 Å². The molecule has 2 rings (SSSR count). The van der Waals surface area contributed by atoms with E-state index in [-0.39, 0.29) is 6.10 Å². The van der Waals surface area contributed by atoms with Gasteiger partial charge in [-0.05, 0) is 0 Å². The number of hydrogen-bond donors (Lipinski definition) is 0. The summed E-state index contributed by atoms with van der Waals surface area (Å²) in [6, 6.07) is 16.8. The van der Waals surface area contributed by atoms with E-state index in [4.69, 9.17) is 9.47 Å². The predicted molar refractivity (Wildman–Crippen MR) is 101 cm³/mol. The molecule has 2 nitrogen and oxygen atoms in total. The second kappa shape index (κ2) is 9.39. The summed E-state index contributed by atoms with van der Waals surface area (Å²) in [4.78, 5) is 0. The van der Waals surface area contributed by atoms with E-state index in [0.717, 1.165) is 11.1 Å². The number of hydrogen-bond acceptors (Lipinski definition) is 3. The van der Waals surface area contributed by atoms with Gasteiger partial charge in [-0.2, -0.15) is 0 Å². The first-order chi connectivity index (χ1) is 11.2. The van der Waals surface area contributed by atoms with Gasteiger partial charge in [-0.3, -0.25) is 0 Å². The summed E-state index contributed by atoms with van der Waals surface area (Å²) in [5.41, 5.74) is 2.63. The van der Waals surface area contributed by atoms with Crippen molar-refractivity contribution in [2.45, 2.75) is 23.6 Å². The number of benzene rings is 2. The van der Waals surface area contributed by atoms with Crippen molar-refractivity contribution >= 4 is 31.2 Å². The van der Waals surface area contributed by atoms with Gasteiger partial charge in [0.05, 0.1) is 0 Å². The fourth-order valence-electron chi connectivity index (χ4n) is 2.42. The minimum atomic E-state index is 0.138. The molecule has 0 fully saturated rings. The Morgan fingerprint density at radius 3 is 2.39 bits per heavy atom. The van der Waals surface area contributed by atoms with E-state index in [1.165, 1.54) is 15.6 Å². The van der Waals surface area contributed by atoms with Gasteiger partial charge in [-0.15, -0.1) is 0 Å². The fraction of sp³-hybridized carbons (Fsp3) is 0.368. The van der Waals surface area contributed by atoms with Gasteiger partial charge in [-0.25, -0.2) is 0 Å². The first-order valence-corrected chi connectivity index (χ1v) is 11.0. The standard InChI is InChI=1S/C19H24O2SSe/c1-14(22-4)16-11-8-12-17(20-2)19(16)23-13-18(21-3)15-9-6-5-7-10-15/h5-12,14,18H,13H2,1-4H3/t14-,18?/m0/s1. The Morgan fingerprint density at radius 2 is 1.78 bits per heavy atom. The molecular formula is C19H24O2SSe. The number of rotatable bonds is 8. The summed E-state index contributed by atoms with van der Waals surface area (Å²) in [6.07, 6.45) is 2.29. The average Bonchev–Trinajstić information content (AvgIpc) is 2.62. The second-order valence-electron chi connectivity index (χ2n) is 5.20. The number of methoxy groups -OCH3 is 2. The predicted octanol–water partition coefficient (Wildman–Crippen LogP) is 4.25. The van der Waals surface area contributed by atoms with Gasteiger partial charge in [0.1, 0.15) is 0 Å². The summed E-state index contributed by atoms with van der Waals surface area (Å²) >= 11 is 2.16. The Labute approximate surface area is 150 Å². The average molecular weight is 395 g/mol. The fourth-order valence-corrected chi connectivity index (χ4v) is 5.88. The van der Waals surface area contributed by atoms with Crippen molar-refractivity contribution in [3.63, 3.8) is 0 Å². The third-order valence-electron chi connectivity index (χ3n) is 3.86. The van der Waals surface area contributed by atoms with Gasteiger partial charge in [0, 0.05) is 0 Å². The molecule has 0 aliphatic heterocycles. The van der Waals surface area contributed by atoms with Crippen molar-refractivity contribution in [2.75, 3.05) is 20.5 Å². The SMILES string of the molecule is COc1cccc([C@H](C)SC)c1[Se]CC(OC)c1ccccc1. The van der Waals surface area contributed by atoms with Gasteiger partial charge in [0.25, 0.3) is 0 Å². The third-order valence-corrected chi connectivity index (χ3v) is 7.32. The quantitative estimate of drug-likeness (QED) is 0.623. The van der Waals surface area contributed by atoms with Crippen LogP contribution in [0.15, 0.2) is 48.5 Å². The monoisotopic (exact) mass is 396 g/mol. The second-order valence-corrected chi connectivity index (χ2v) is 8.54. The van der Waals surface area contributed by atoms with Crippen LogP contribution in [-0.2, 0) is 4.74 Å². The van der Waals surface area contributed by atoms with Crippen LogP contribution in [0.4, 0.5) is 0 Å². The molecule has 0 amide bonds. The minimum absolute atomic E-state index is 0.138. The van der Waals surface area contributed by atoms with Crippen LogP contribution in [0.25, 0.3) is 0 Å². The molecule has 0 aliphatic rings. The summed E-state index contributed by atoms with van der Waals surface area (Å²) in [7, 11) is 3.55. The molecule has 0 spiro atoms. The van der Waals surface area contributed by atoms with Crippen molar-refractivity contribution in [2.24, 2.45) is 0 Å². The summed E-state index contributed by atoms with van der Waals surface area (Å²) in [6.45, 7) is 2.25. The first-order valence-electron chi connectivity index (χ1n) is 7.61. The molecule has 4 heteroatoms. The molecule has 0 bridgehead atoms. The zero-order valence-electron chi connectivity index (χ0n) is 14.1. The normalized spacial score (nSPS) is 13.6. The maximum absolute atomic E-state index is 5.73. The van der Waals surface area contributed by atoms with E-state index in [9.17, 15) is 0 Å².